The van der Waals surface area contributed by atoms with Gasteiger partial charge >= 0.3 is 0 Å². The molecule has 1 aliphatic rings. The molecular formula is C16H24N2O. The molecule has 0 bridgehead atoms. The van der Waals surface area contributed by atoms with Crippen LogP contribution < -0.4 is 5.32 Å². The van der Waals surface area contributed by atoms with E-state index < -0.39 is 0 Å². The van der Waals surface area contributed by atoms with Crippen LogP contribution in [0.2, 0.25) is 0 Å². The summed E-state index contributed by atoms with van der Waals surface area (Å²) in [6.45, 7) is 6.91. The van der Waals surface area contributed by atoms with Crippen LogP contribution in [0, 0.1) is 6.92 Å². The van der Waals surface area contributed by atoms with Crippen molar-refractivity contribution in [3.8, 4) is 0 Å². The number of benzene rings is 1. The minimum Gasteiger partial charge on any atom is -0.384 e. The largest absolute Gasteiger partial charge is 0.384 e. The third-order valence-corrected chi connectivity index (χ3v) is 3.61. The zero-order valence-corrected chi connectivity index (χ0v) is 12.0. The molecular weight excluding hydrogens is 236 g/mol. The van der Waals surface area contributed by atoms with Gasteiger partial charge in [0.25, 0.3) is 5.91 Å². The summed E-state index contributed by atoms with van der Waals surface area (Å²) >= 11 is 0. The van der Waals surface area contributed by atoms with Crippen molar-refractivity contribution in [1.82, 2.24) is 4.90 Å². The van der Waals surface area contributed by atoms with E-state index in [0.717, 1.165) is 50.1 Å². The molecule has 1 aromatic carbocycles. The predicted octanol–water partition coefficient (Wildman–Crippen LogP) is 3.44. The predicted molar refractivity (Wildman–Crippen MR) is 79.7 cm³/mol. The Morgan fingerprint density at radius 2 is 2.00 bits per heavy atom. The summed E-state index contributed by atoms with van der Waals surface area (Å²) < 4.78 is 0. The van der Waals surface area contributed by atoms with Gasteiger partial charge in [0.15, 0.2) is 0 Å². The van der Waals surface area contributed by atoms with Gasteiger partial charge in [0.2, 0.25) is 0 Å². The number of nitrogens with zero attached hydrogens (tertiary/aromatic N) is 1. The fourth-order valence-corrected chi connectivity index (χ4v) is 2.52. The maximum absolute atomic E-state index is 12.6. The highest BCUT2D eigenvalue weighted by Crippen LogP contribution is 2.21. The van der Waals surface area contributed by atoms with E-state index in [4.69, 9.17) is 0 Å². The molecule has 0 unspecified atom stereocenters. The number of likely N-dealkylation sites (tertiary alicyclic amines) is 1. The molecule has 1 fully saturated rings. The Bertz CT molecular complexity index is 436. The minimum atomic E-state index is 0.179. The number of nitrogens with one attached hydrogen (secondary N) is 1. The highest BCUT2D eigenvalue weighted by molar-refractivity contribution is 5.99. The Morgan fingerprint density at radius 3 is 2.68 bits per heavy atom. The molecule has 19 heavy (non-hydrogen) atoms. The number of anilines is 1. The average Bonchev–Trinajstić information content (AvgIpc) is 2.45. The average molecular weight is 260 g/mol. The lowest BCUT2D eigenvalue weighted by Gasteiger charge is -2.27. The summed E-state index contributed by atoms with van der Waals surface area (Å²) in [5, 5.41) is 3.38. The standard InChI is InChI=1S/C16H24N2O/c1-3-9-17-15-12-13(2)7-8-14(15)16(19)18-10-5-4-6-11-18/h7-8,12,17H,3-6,9-11H2,1-2H3. The molecule has 0 atom stereocenters. The van der Waals surface area contributed by atoms with E-state index in [1.165, 1.54) is 12.0 Å². The van der Waals surface area contributed by atoms with Crippen molar-refractivity contribution >= 4 is 11.6 Å². The Morgan fingerprint density at radius 1 is 1.26 bits per heavy atom. The molecule has 1 amide bonds. The van der Waals surface area contributed by atoms with Crippen molar-refractivity contribution < 1.29 is 4.79 Å². The first-order chi connectivity index (χ1) is 9.22. The third kappa shape index (κ3) is 3.49. The molecule has 0 aliphatic carbocycles. The summed E-state index contributed by atoms with van der Waals surface area (Å²) in [4.78, 5) is 14.6. The maximum atomic E-state index is 12.6. The molecule has 1 N–H and O–H groups in total. The van der Waals surface area contributed by atoms with Crippen LogP contribution in [0.5, 0.6) is 0 Å². The van der Waals surface area contributed by atoms with E-state index >= 15 is 0 Å². The van der Waals surface area contributed by atoms with Gasteiger partial charge in [0.05, 0.1) is 5.56 Å². The van der Waals surface area contributed by atoms with Gasteiger partial charge in [-0.2, -0.15) is 0 Å². The molecule has 3 nitrogen and oxygen atoms in total. The molecule has 1 heterocycles. The highest BCUT2D eigenvalue weighted by Gasteiger charge is 2.20. The molecule has 0 radical (unpaired) electrons. The first-order valence-corrected chi connectivity index (χ1v) is 7.36. The topological polar surface area (TPSA) is 32.3 Å². The van der Waals surface area contributed by atoms with Crippen molar-refractivity contribution in [2.24, 2.45) is 0 Å². The molecule has 3 heteroatoms. The van der Waals surface area contributed by atoms with Crippen molar-refractivity contribution in [2.45, 2.75) is 39.5 Å². The first kappa shape index (κ1) is 13.9. The third-order valence-electron chi connectivity index (χ3n) is 3.61. The SMILES string of the molecule is CCCNc1cc(C)ccc1C(=O)N1CCCCC1. The van der Waals surface area contributed by atoms with Crippen molar-refractivity contribution in [2.75, 3.05) is 25.0 Å². The number of amides is 1. The van der Waals surface area contributed by atoms with E-state index in [-0.39, 0.29) is 5.91 Å². The van der Waals surface area contributed by atoms with Crippen LogP contribution in [-0.2, 0) is 0 Å². The van der Waals surface area contributed by atoms with Crippen LogP contribution in [0.25, 0.3) is 0 Å². The number of carbonyl (C=O) groups excluding carboxylic acids is 1. The Labute approximate surface area is 116 Å². The van der Waals surface area contributed by atoms with E-state index in [2.05, 4.69) is 25.2 Å². The van der Waals surface area contributed by atoms with Gasteiger partial charge in [-0.25, -0.2) is 0 Å². The lowest BCUT2D eigenvalue weighted by Crippen LogP contribution is -2.36. The fourth-order valence-electron chi connectivity index (χ4n) is 2.52. The summed E-state index contributed by atoms with van der Waals surface area (Å²) in [6, 6.07) is 6.06. The van der Waals surface area contributed by atoms with Gasteiger partial charge < -0.3 is 10.2 Å². The summed E-state index contributed by atoms with van der Waals surface area (Å²) in [7, 11) is 0. The zero-order valence-electron chi connectivity index (χ0n) is 12.0. The van der Waals surface area contributed by atoms with E-state index in [9.17, 15) is 4.79 Å². The number of aryl methyl sites for hydroxylation is 1. The number of hydrogen-bond acceptors (Lipinski definition) is 2. The number of rotatable bonds is 4. The lowest BCUT2D eigenvalue weighted by molar-refractivity contribution is 0.0725. The molecule has 2 rings (SSSR count). The van der Waals surface area contributed by atoms with Gasteiger partial charge in [-0.15, -0.1) is 0 Å². The fraction of sp³-hybridized carbons (Fsp3) is 0.562. The second-order valence-corrected chi connectivity index (χ2v) is 5.33. The van der Waals surface area contributed by atoms with Gasteiger partial charge in [-0.05, 0) is 50.3 Å². The van der Waals surface area contributed by atoms with E-state index in [0.29, 0.717) is 0 Å². The molecule has 1 saturated heterocycles. The Hall–Kier alpha value is -1.51. The maximum Gasteiger partial charge on any atom is 0.255 e. The van der Waals surface area contributed by atoms with Crippen LogP contribution in [0.15, 0.2) is 18.2 Å². The van der Waals surface area contributed by atoms with E-state index in [1.807, 2.05) is 17.0 Å². The van der Waals surface area contributed by atoms with Crippen LogP contribution in [0.3, 0.4) is 0 Å². The van der Waals surface area contributed by atoms with Crippen molar-refractivity contribution in [3.63, 3.8) is 0 Å². The summed E-state index contributed by atoms with van der Waals surface area (Å²) in [6.07, 6.45) is 4.58. The molecule has 1 aliphatic heterocycles. The van der Waals surface area contributed by atoms with Gasteiger partial charge in [-0.1, -0.05) is 13.0 Å². The second-order valence-electron chi connectivity index (χ2n) is 5.33. The van der Waals surface area contributed by atoms with Crippen LogP contribution in [0.1, 0.15) is 48.5 Å². The number of piperidine rings is 1. The second kappa shape index (κ2) is 6.60. The molecule has 0 aromatic heterocycles. The molecule has 0 saturated carbocycles. The monoisotopic (exact) mass is 260 g/mol. The number of hydrogen-bond donors (Lipinski definition) is 1. The van der Waals surface area contributed by atoms with Crippen LogP contribution >= 0.6 is 0 Å². The van der Waals surface area contributed by atoms with Crippen LogP contribution in [-0.4, -0.2) is 30.4 Å². The summed E-state index contributed by atoms with van der Waals surface area (Å²) in [5.41, 5.74) is 2.99. The molecule has 104 valence electrons. The van der Waals surface area contributed by atoms with Gasteiger partial charge in [-0.3, -0.25) is 4.79 Å². The summed E-state index contributed by atoms with van der Waals surface area (Å²) in [5.74, 6) is 0.179. The number of carbonyl (C=O) groups is 1. The zero-order chi connectivity index (χ0) is 13.7. The normalized spacial score (nSPS) is 15.4. The molecule has 0 spiro atoms. The minimum absolute atomic E-state index is 0.179. The quantitative estimate of drug-likeness (QED) is 0.899. The van der Waals surface area contributed by atoms with Crippen molar-refractivity contribution in [1.29, 1.82) is 0 Å². The van der Waals surface area contributed by atoms with Gasteiger partial charge in [0, 0.05) is 25.3 Å². The smallest absolute Gasteiger partial charge is 0.255 e. The Kier molecular flexibility index (Phi) is 4.83. The van der Waals surface area contributed by atoms with Gasteiger partial charge in [0.1, 0.15) is 0 Å². The highest BCUT2D eigenvalue weighted by atomic mass is 16.2. The lowest BCUT2D eigenvalue weighted by atomic mass is 10.1. The van der Waals surface area contributed by atoms with E-state index in [1.54, 1.807) is 0 Å². The Balaban J connectivity index is 2.19. The van der Waals surface area contributed by atoms with Crippen molar-refractivity contribution in [3.05, 3.63) is 29.3 Å². The first-order valence-electron chi connectivity index (χ1n) is 7.36. The van der Waals surface area contributed by atoms with Crippen LogP contribution in [0.4, 0.5) is 5.69 Å². The molecule has 1 aromatic rings.